The molecule has 0 aromatic heterocycles. The minimum absolute atomic E-state index is 0.0648. The quantitative estimate of drug-likeness (QED) is 0.465. The van der Waals surface area contributed by atoms with Gasteiger partial charge >= 0.3 is 0 Å². The molecule has 2 N–H and O–H groups in total. The molecule has 0 radical (unpaired) electrons. The molecule has 2 nitrogen and oxygen atoms in total. The normalized spacial score (nSPS) is 17.9. The summed E-state index contributed by atoms with van der Waals surface area (Å²) in [5, 5.41) is 17.4. The topological polar surface area (TPSA) is 40.5 Å². The van der Waals surface area contributed by atoms with E-state index in [1.807, 2.05) is 7.85 Å². The molecule has 0 aromatic rings. The summed E-state index contributed by atoms with van der Waals surface area (Å²) in [5.74, 6) is 0.0648. The van der Waals surface area contributed by atoms with Crippen molar-refractivity contribution in [2.75, 3.05) is 6.61 Å². The van der Waals surface area contributed by atoms with Gasteiger partial charge in [-0.25, -0.2) is 0 Å². The van der Waals surface area contributed by atoms with Gasteiger partial charge < -0.3 is 10.2 Å². The Morgan fingerprint density at radius 2 is 2.12 bits per heavy atom. The molecule has 2 atom stereocenters. The van der Waals surface area contributed by atoms with Crippen LogP contribution in [0.3, 0.4) is 0 Å². The van der Waals surface area contributed by atoms with Gasteiger partial charge in [0.1, 0.15) is 7.85 Å². The molecule has 0 aliphatic heterocycles. The molecular formula is C5H13BO2. The molecule has 0 heterocycles. The first-order chi connectivity index (χ1) is 3.72. The summed E-state index contributed by atoms with van der Waals surface area (Å²) in [5.41, 5.74) is 0. The van der Waals surface area contributed by atoms with Gasteiger partial charge in [0.05, 0.1) is 6.10 Å². The van der Waals surface area contributed by atoms with Crippen molar-refractivity contribution in [1.29, 1.82) is 0 Å². The van der Waals surface area contributed by atoms with E-state index >= 15 is 0 Å². The van der Waals surface area contributed by atoms with Gasteiger partial charge in [-0.15, -0.1) is 0 Å². The lowest BCUT2D eigenvalue weighted by Gasteiger charge is -2.13. The maximum absolute atomic E-state index is 8.85. The van der Waals surface area contributed by atoms with E-state index in [2.05, 4.69) is 0 Å². The molecule has 0 saturated heterocycles. The van der Waals surface area contributed by atoms with Crippen molar-refractivity contribution in [1.82, 2.24) is 0 Å². The van der Waals surface area contributed by atoms with Gasteiger partial charge in [0.2, 0.25) is 0 Å². The van der Waals surface area contributed by atoms with Crippen LogP contribution in [0.1, 0.15) is 6.92 Å². The van der Waals surface area contributed by atoms with Crippen LogP contribution in [-0.2, 0) is 0 Å². The molecule has 0 aliphatic carbocycles. The van der Waals surface area contributed by atoms with Crippen LogP contribution in [0.25, 0.3) is 0 Å². The Kier molecular flexibility index (Phi) is 3.92. The second-order valence-electron chi connectivity index (χ2n) is 2.09. The fraction of sp³-hybridized carbons (Fsp3) is 1.00. The van der Waals surface area contributed by atoms with E-state index < -0.39 is 0 Å². The zero-order chi connectivity index (χ0) is 6.57. The Balaban J connectivity index is 3.35. The average Bonchev–Trinajstić information content (AvgIpc) is 1.69. The molecule has 0 rings (SSSR count). The zero-order valence-electron chi connectivity index (χ0n) is 5.46. The Hall–Kier alpha value is -0.0151. The average molecular weight is 116 g/mol. The summed E-state index contributed by atoms with van der Waals surface area (Å²) in [6.07, 6.45) is 0.471. The Morgan fingerprint density at radius 1 is 1.62 bits per heavy atom. The third-order valence-corrected chi connectivity index (χ3v) is 1.44. The van der Waals surface area contributed by atoms with E-state index in [1.54, 1.807) is 6.92 Å². The predicted molar refractivity (Wildman–Crippen MR) is 35.6 cm³/mol. The standard InChI is InChI=1S/C5H13BO2/c1-4(8)5(2-6)3-7/h4-5,7-8H,2-3,6H2,1H3/t4-,5+/m0/s1. The van der Waals surface area contributed by atoms with E-state index in [9.17, 15) is 0 Å². The van der Waals surface area contributed by atoms with Gasteiger partial charge in [0.25, 0.3) is 0 Å². The number of aliphatic hydroxyl groups is 2. The minimum atomic E-state index is -0.370. The number of hydrogen-bond donors (Lipinski definition) is 2. The number of hydrogen-bond acceptors (Lipinski definition) is 2. The monoisotopic (exact) mass is 116 g/mol. The summed E-state index contributed by atoms with van der Waals surface area (Å²) in [6, 6.07) is 0. The molecule has 3 heteroatoms. The van der Waals surface area contributed by atoms with Gasteiger partial charge in [-0.3, -0.25) is 0 Å². The maximum atomic E-state index is 8.85. The fourth-order valence-corrected chi connectivity index (χ4v) is 0.623. The maximum Gasteiger partial charge on any atom is 0.101 e. The second-order valence-corrected chi connectivity index (χ2v) is 2.09. The van der Waals surface area contributed by atoms with Crippen LogP contribution in [-0.4, -0.2) is 30.8 Å². The van der Waals surface area contributed by atoms with Crippen LogP contribution >= 0.6 is 0 Å². The number of aliphatic hydroxyl groups excluding tert-OH is 2. The van der Waals surface area contributed by atoms with Crippen molar-refractivity contribution in [2.45, 2.75) is 19.3 Å². The first-order valence-corrected chi connectivity index (χ1v) is 3.01. The van der Waals surface area contributed by atoms with Crippen LogP contribution in [0.5, 0.6) is 0 Å². The van der Waals surface area contributed by atoms with Crippen LogP contribution in [0.2, 0.25) is 6.32 Å². The molecule has 0 aromatic carbocycles. The predicted octanol–water partition coefficient (Wildman–Crippen LogP) is -0.973. The Morgan fingerprint density at radius 3 is 2.12 bits per heavy atom. The summed E-state index contributed by atoms with van der Waals surface area (Å²) in [4.78, 5) is 0. The lowest BCUT2D eigenvalue weighted by Crippen LogP contribution is -2.19. The summed E-state index contributed by atoms with van der Waals surface area (Å²) < 4.78 is 0. The van der Waals surface area contributed by atoms with Gasteiger partial charge in [-0.2, -0.15) is 0 Å². The molecule has 8 heavy (non-hydrogen) atoms. The highest BCUT2D eigenvalue weighted by molar-refractivity contribution is 6.08. The van der Waals surface area contributed by atoms with Crippen molar-refractivity contribution in [2.24, 2.45) is 5.92 Å². The molecule has 0 fully saturated rings. The first-order valence-electron chi connectivity index (χ1n) is 3.01. The summed E-state index contributed by atoms with van der Waals surface area (Å²) >= 11 is 0. The fourth-order valence-electron chi connectivity index (χ4n) is 0.623. The lowest BCUT2D eigenvalue weighted by molar-refractivity contribution is 0.0917. The van der Waals surface area contributed by atoms with Gasteiger partial charge in [-0.05, 0) is 6.92 Å². The molecule has 0 spiro atoms. The van der Waals surface area contributed by atoms with E-state index in [4.69, 9.17) is 10.2 Å². The van der Waals surface area contributed by atoms with Crippen molar-refractivity contribution in [3.05, 3.63) is 0 Å². The van der Waals surface area contributed by atoms with Crippen LogP contribution in [0.4, 0.5) is 0 Å². The van der Waals surface area contributed by atoms with Gasteiger partial charge in [0, 0.05) is 12.5 Å². The van der Waals surface area contributed by atoms with Gasteiger partial charge in [0.15, 0.2) is 0 Å². The molecule has 0 aliphatic rings. The highest BCUT2D eigenvalue weighted by atomic mass is 16.3. The molecular weight excluding hydrogens is 103 g/mol. The van der Waals surface area contributed by atoms with E-state index in [0.717, 1.165) is 6.32 Å². The third-order valence-electron chi connectivity index (χ3n) is 1.44. The second kappa shape index (κ2) is 3.92. The number of rotatable bonds is 3. The smallest absolute Gasteiger partial charge is 0.101 e. The molecule has 0 unspecified atom stereocenters. The van der Waals surface area contributed by atoms with E-state index in [-0.39, 0.29) is 18.6 Å². The van der Waals surface area contributed by atoms with Crippen molar-refractivity contribution < 1.29 is 10.2 Å². The zero-order valence-corrected chi connectivity index (χ0v) is 5.46. The first kappa shape index (κ1) is 7.98. The van der Waals surface area contributed by atoms with Crippen LogP contribution in [0, 0.1) is 5.92 Å². The van der Waals surface area contributed by atoms with Crippen LogP contribution in [0.15, 0.2) is 0 Å². The molecule has 48 valence electrons. The lowest BCUT2D eigenvalue weighted by atomic mass is 9.88. The highest BCUT2D eigenvalue weighted by Gasteiger charge is 2.09. The van der Waals surface area contributed by atoms with Crippen molar-refractivity contribution in [3.8, 4) is 0 Å². The van der Waals surface area contributed by atoms with Gasteiger partial charge in [-0.1, -0.05) is 6.32 Å². The Bertz CT molecular complexity index is 52.4. The van der Waals surface area contributed by atoms with Crippen LogP contribution < -0.4 is 0 Å². The third kappa shape index (κ3) is 2.33. The summed E-state index contributed by atoms with van der Waals surface area (Å²) in [7, 11) is 1.95. The SMILES string of the molecule is BC[C@H](CO)[C@H](C)O. The van der Waals surface area contributed by atoms with Crippen molar-refractivity contribution >= 4 is 7.85 Å². The summed E-state index contributed by atoms with van der Waals surface area (Å²) in [6.45, 7) is 1.79. The Labute approximate surface area is 50.9 Å². The molecule has 0 amide bonds. The highest BCUT2D eigenvalue weighted by Crippen LogP contribution is 2.04. The molecule has 0 bridgehead atoms. The van der Waals surface area contributed by atoms with Crippen molar-refractivity contribution in [3.63, 3.8) is 0 Å². The molecule has 0 saturated carbocycles. The minimum Gasteiger partial charge on any atom is -0.396 e. The van der Waals surface area contributed by atoms with E-state index in [1.165, 1.54) is 0 Å². The largest absolute Gasteiger partial charge is 0.396 e. The van der Waals surface area contributed by atoms with E-state index in [0.29, 0.717) is 0 Å².